The van der Waals surface area contributed by atoms with Crippen LogP contribution in [0, 0.1) is 0 Å². The Morgan fingerprint density at radius 2 is 2.00 bits per heavy atom. The van der Waals surface area contributed by atoms with Gasteiger partial charge in [0.1, 0.15) is 5.75 Å². The van der Waals surface area contributed by atoms with Crippen LogP contribution in [0.3, 0.4) is 0 Å². The van der Waals surface area contributed by atoms with Crippen molar-refractivity contribution < 1.29 is 4.74 Å². The Bertz CT molecular complexity index is 674. The molecule has 3 rings (SSSR count). The van der Waals surface area contributed by atoms with E-state index in [1.807, 2.05) is 12.1 Å². The molecule has 2 heterocycles. The molecule has 1 unspecified atom stereocenters. The van der Waals surface area contributed by atoms with E-state index in [1.165, 1.54) is 14.3 Å². The first-order valence-corrected chi connectivity index (χ1v) is 8.67. The number of hydrogen-bond donors (Lipinski definition) is 2. The van der Waals surface area contributed by atoms with Crippen LogP contribution in [0.15, 0.2) is 41.8 Å². The highest BCUT2D eigenvalue weighted by Crippen LogP contribution is 2.35. The van der Waals surface area contributed by atoms with Gasteiger partial charge in [0.25, 0.3) is 0 Å². The molecule has 0 aliphatic carbocycles. The largest absolute Gasteiger partial charge is 0.494 e. The van der Waals surface area contributed by atoms with Crippen molar-refractivity contribution in [2.45, 2.75) is 19.4 Å². The number of benzene rings is 1. The molecule has 0 aliphatic rings. The summed E-state index contributed by atoms with van der Waals surface area (Å²) in [6.45, 7) is 2.85. The van der Waals surface area contributed by atoms with E-state index in [4.69, 9.17) is 10.6 Å². The Morgan fingerprint density at radius 1 is 1.19 bits per heavy atom. The molecule has 3 nitrogen and oxygen atoms in total. The summed E-state index contributed by atoms with van der Waals surface area (Å²) in [5.74, 6) is 6.68. The Hall–Kier alpha value is -1.40. The van der Waals surface area contributed by atoms with Crippen LogP contribution in [-0.2, 0) is 0 Å². The van der Waals surface area contributed by atoms with Crippen LogP contribution < -0.4 is 16.0 Å². The van der Waals surface area contributed by atoms with Gasteiger partial charge >= 0.3 is 0 Å². The lowest BCUT2D eigenvalue weighted by Gasteiger charge is -2.15. The first-order chi connectivity index (χ1) is 10.3. The van der Waals surface area contributed by atoms with Gasteiger partial charge in [-0.1, -0.05) is 19.1 Å². The van der Waals surface area contributed by atoms with E-state index < -0.39 is 0 Å². The Labute approximate surface area is 132 Å². The van der Waals surface area contributed by atoms with Crippen molar-refractivity contribution in [3.8, 4) is 5.75 Å². The second-order valence-electron chi connectivity index (χ2n) is 4.82. The van der Waals surface area contributed by atoms with Gasteiger partial charge in [-0.2, -0.15) is 0 Å². The number of nitrogens with one attached hydrogen (secondary N) is 1. The van der Waals surface area contributed by atoms with Crippen LogP contribution in [0.4, 0.5) is 0 Å². The maximum atomic E-state index is 5.77. The molecular formula is C16H18N2OS2. The molecule has 0 spiro atoms. The third kappa shape index (κ3) is 3.11. The lowest BCUT2D eigenvalue weighted by Crippen LogP contribution is -2.28. The Balaban J connectivity index is 1.83. The van der Waals surface area contributed by atoms with Crippen molar-refractivity contribution in [2.75, 3.05) is 6.61 Å². The highest BCUT2D eigenvalue weighted by Gasteiger charge is 2.16. The third-order valence-electron chi connectivity index (χ3n) is 3.30. The van der Waals surface area contributed by atoms with Crippen molar-refractivity contribution in [2.24, 2.45) is 5.84 Å². The first kappa shape index (κ1) is 14.5. The molecule has 0 bridgehead atoms. The van der Waals surface area contributed by atoms with E-state index in [9.17, 15) is 0 Å². The van der Waals surface area contributed by atoms with Crippen molar-refractivity contribution in [1.82, 2.24) is 5.43 Å². The summed E-state index contributed by atoms with van der Waals surface area (Å²) in [7, 11) is 0. The van der Waals surface area contributed by atoms with Crippen molar-refractivity contribution >= 4 is 32.1 Å². The first-order valence-electron chi connectivity index (χ1n) is 6.97. The van der Waals surface area contributed by atoms with E-state index in [-0.39, 0.29) is 6.04 Å². The topological polar surface area (TPSA) is 47.3 Å². The van der Waals surface area contributed by atoms with Gasteiger partial charge in [-0.25, -0.2) is 5.43 Å². The molecule has 21 heavy (non-hydrogen) atoms. The molecule has 0 saturated heterocycles. The number of nitrogens with two attached hydrogens (primary N) is 1. The van der Waals surface area contributed by atoms with E-state index in [0.29, 0.717) is 0 Å². The average Bonchev–Trinajstić information content (AvgIpc) is 3.09. The summed E-state index contributed by atoms with van der Waals surface area (Å²) in [5, 5.41) is 2.12. The molecule has 3 aromatic rings. The van der Waals surface area contributed by atoms with Gasteiger partial charge < -0.3 is 4.74 Å². The standard InChI is InChI=1S/C16H18N2OS2/c1-2-8-19-12-5-3-11(4-6-12)16(18-17)15-10-14-13(21-15)7-9-20-14/h3-7,9-10,16,18H,2,8,17H2,1H3. The molecule has 2 aromatic heterocycles. The minimum absolute atomic E-state index is 0.0230. The smallest absolute Gasteiger partial charge is 0.119 e. The van der Waals surface area contributed by atoms with Crippen LogP contribution in [0.1, 0.15) is 29.8 Å². The van der Waals surface area contributed by atoms with Crippen LogP contribution in [0.2, 0.25) is 0 Å². The lowest BCUT2D eigenvalue weighted by molar-refractivity contribution is 0.317. The highest BCUT2D eigenvalue weighted by molar-refractivity contribution is 7.27. The minimum Gasteiger partial charge on any atom is -0.494 e. The zero-order valence-corrected chi connectivity index (χ0v) is 13.5. The summed E-state index contributed by atoms with van der Waals surface area (Å²) >= 11 is 3.55. The fourth-order valence-electron chi connectivity index (χ4n) is 2.25. The van der Waals surface area contributed by atoms with Crippen LogP contribution in [0.5, 0.6) is 5.75 Å². The second-order valence-corrected chi connectivity index (χ2v) is 6.88. The molecule has 110 valence electrons. The molecular weight excluding hydrogens is 300 g/mol. The molecule has 0 amide bonds. The maximum absolute atomic E-state index is 5.77. The number of ether oxygens (including phenoxy) is 1. The molecule has 5 heteroatoms. The second kappa shape index (κ2) is 6.58. The summed E-state index contributed by atoms with van der Waals surface area (Å²) in [4.78, 5) is 1.24. The van der Waals surface area contributed by atoms with Crippen molar-refractivity contribution in [3.05, 3.63) is 52.2 Å². The van der Waals surface area contributed by atoms with E-state index in [0.717, 1.165) is 24.3 Å². The van der Waals surface area contributed by atoms with E-state index in [2.05, 4.69) is 42.0 Å². The zero-order chi connectivity index (χ0) is 14.7. The highest BCUT2D eigenvalue weighted by atomic mass is 32.1. The normalized spacial score (nSPS) is 12.7. The summed E-state index contributed by atoms with van der Waals surface area (Å²) in [6.07, 6.45) is 1.01. The predicted molar refractivity (Wildman–Crippen MR) is 91.1 cm³/mol. The predicted octanol–water partition coefficient (Wildman–Crippen LogP) is 4.30. The summed E-state index contributed by atoms with van der Waals surface area (Å²) in [5.41, 5.74) is 4.07. The van der Waals surface area contributed by atoms with Crippen LogP contribution >= 0.6 is 22.7 Å². The van der Waals surface area contributed by atoms with Gasteiger partial charge in [0.15, 0.2) is 0 Å². The van der Waals surface area contributed by atoms with Crippen molar-refractivity contribution in [3.63, 3.8) is 0 Å². The Morgan fingerprint density at radius 3 is 2.67 bits per heavy atom. The molecule has 3 N–H and O–H groups in total. The number of thiophene rings is 2. The van der Waals surface area contributed by atoms with Crippen LogP contribution in [0.25, 0.3) is 9.40 Å². The Kier molecular flexibility index (Phi) is 4.55. The molecule has 1 aromatic carbocycles. The van der Waals surface area contributed by atoms with Gasteiger partial charge in [0.05, 0.1) is 12.6 Å². The van der Waals surface area contributed by atoms with E-state index >= 15 is 0 Å². The van der Waals surface area contributed by atoms with Gasteiger partial charge in [-0.3, -0.25) is 5.84 Å². The molecule has 0 radical (unpaired) electrons. The molecule has 1 atom stereocenters. The molecule has 0 aliphatic heterocycles. The number of hydrazine groups is 1. The van der Waals surface area contributed by atoms with Crippen molar-refractivity contribution in [1.29, 1.82) is 0 Å². The number of rotatable bonds is 6. The third-order valence-corrected chi connectivity index (χ3v) is 5.45. The average molecular weight is 318 g/mol. The fourth-order valence-corrected chi connectivity index (χ4v) is 4.45. The quantitative estimate of drug-likeness (QED) is 0.526. The maximum Gasteiger partial charge on any atom is 0.119 e. The minimum atomic E-state index is 0.0230. The molecule has 0 fully saturated rings. The lowest BCUT2D eigenvalue weighted by atomic mass is 10.1. The molecule has 0 saturated carbocycles. The van der Waals surface area contributed by atoms with Gasteiger partial charge in [0, 0.05) is 14.3 Å². The number of fused-ring (bicyclic) bond motifs is 1. The summed E-state index contributed by atoms with van der Waals surface area (Å²) < 4.78 is 8.25. The van der Waals surface area contributed by atoms with Crippen LogP contribution in [-0.4, -0.2) is 6.61 Å². The van der Waals surface area contributed by atoms with Gasteiger partial charge in [-0.05, 0) is 41.6 Å². The monoisotopic (exact) mass is 318 g/mol. The van der Waals surface area contributed by atoms with Gasteiger partial charge in [0.2, 0.25) is 0 Å². The number of hydrogen-bond acceptors (Lipinski definition) is 5. The van der Waals surface area contributed by atoms with Gasteiger partial charge in [-0.15, -0.1) is 22.7 Å². The fraction of sp³-hybridized carbons (Fsp3) is 0.250. The zero-order valence-electron chi connectivity index (χ0n) is 11.8. The SMILES string of the molecule is CCCOc1ccc(C(NN)c2cc3sccc3s2)cc1. The van der Waals surface area contributed by atoms with E-state index in [1.54, 1.807) is 22.7 Å². The summed E-state index contributed by atoms with van der Waals surface area (Å²) in [6, 6.07) is 12.6.